The van der Waals surface area contributed by atoms with Crippen molar-refractivity contribution in [3.05, 3.63) is 75.7 Å². The van der Waals surface area contributed by atoms with E-state index in [9.17, 15) is 5.26 Å². The van der Waals surface area contributed by atoms with Crippen molar-refractivity contribution < 1.29 is 0 Å². The van der Waals surface area contributed by atoms with Gasteiger partial charge in [-0.3, -0.25) is 0 Å². The van der Waals surface area contributed by atoms with Crippen LogP contribution in [0.4, 0.5) is 5.69 Å². The molecule has 3 nitrogen and oxygen atoms in total. The highest BCUT2D eigenvalue weighted by Crippen LogP contribution is 2.27. The highest BCUT2D eigenvalue weighted by Gasteiger charge is 2.09. The summed E-state index contributed by atoms with van der Waals surface area (Å²) in [6.07, 6.45) is 2.76. The van der Waals surface area contributed by atoms with E-state index in [-0.39, 0.29) is 0 Å². The predicted octanol–water partition coefficient (Wildman–Crippen LogP) is 5.97. The van der Waals surface area contributed by atoms with E-state index in [0.29, 0.717) is 5.57 Å². The molecule has 1 heterocycles. The molecule has 0 atom stereocenters. The van der Waals surface area contributed by atoms with Crippen LogP contribution in [0.25, 0.3) is 16.8 Å². The molecule has 2 aromatic carbocycles. The highest BCUT2D eigenvalue weighted by molar-refractivity contribution is 7.11. The lowest BCUT2D eigenvalue weighted by atomic mass is 10.1. The fourth-order valence-corrected chi connectivity index (χ4v) is 3.44. The summed E-state index contributed by atoms with van der Waals surface area (Å²) in [6.45, 7) is 6.29. The number of hydrogen-bond donors (Lipinski definition) is 1. The first kappa shape index (κ1) is 17.9. The van der Waals surface area contributed by atoms with Gasteiger partial charge in [-0.25, -0.2) is 4.98 Å². The summed E-state index contributed by atoms with van der Waals surface area (Å²) >= 11 is 1.49. The zero-order valence-electron chi connectivity index (χ0n) is 15.2. The third-order valence-electron chi connectivity index (χ3n) is 4.49. The Morgan fingerprint density at radius 2 is 1.96 bits per heavy atom. The van der Waals surface area contributed by atoms with Gasteiger partial charge < -0.3 is 5.32 Å². The number of thiazole rings is 1. The molecule has 0 radical (unpaired) electrons. The van der Waals surface area contributed by atoms with Gasteiger partial charge in [0.25, 0.3) is 0 Å². The highest BCUT2D eigenvalue weighted by atomic mass is 32.1. The number of anilines is 1. The summed E-state index contributed by atoms with van der Waals surface area (Å²) in [4.78, 5) is 4.65. The van der Waals surface area contributed by atoms with Crippen LogP contribution >= 0.6 is 11.3 Å². The molecule has 0 fully saturated rings. The second kappa shape index (κ2) is 7.99. The monoisotopic (exact) mass is 359 g/mol. The van der Waals surface area contributed by atoms with Gasteiger partial charge in [0.1, 0.15) is 16.6 Å². The summed E-state index contributed by atoms with van der Waals surface area (Å²) in [5, 5.41) is 15.5. The molecule has 1 N–H and O–H groups in total. The topological polar surface area (TPSA) is 48.7 Å². The third kappa shape index (κ3) is 3.84. The first-order chi connectivity index (χ1) is 12.6. The lowest BCUT2D eigenvalue weighted by Gasteiger charge is -2.08. The molecule has 0 aliphatic carbocycles. The summed E-state index contributed by atoms with van der Waals surface area (Å²) in [6, 6.07) is 16.8. The number of aryl methyl sites for hydroxylation is 2. The van der Waals surface area contributed by atoms with Gasteiger partial charge in [0, 0.05) is 22.8 Å². The van der Waals surface area contributed by atoms with Gasteiger partial charge in [-0.1, -0.05) is 43.3 Å². The second-order valence-electron chi connectivity index (χ2n) is 6.15. The molecule has 3 rings (SSSR count). The van der Waals surface area contributed by atoms with Crippen molar-refractivity contribution in [3.63, 3.8) is 0 Å². The van der Waals surface area contributed by atoms with Crippen LogP contribution in [0.2, 0.25) is 0 Å². The Bertz CT molecular complexity index is 975. The van der Waals surface area contributed by atoms with Gasteiger partial charge in [-0.15, -0.1) is 11.3 Å². The molecule has 0 bridgehead atoms. The van der Waals surface area contributed by atoms with Crippen LogP contribution in [0.15, 0.2) is 54.0 Å². The minimum atomic E-state index is 0.535. The van der Waals surface area contributed by atoms with Crippen LogP contribution in [0.5, 0.6) is 0 Å². The van der Waals surface area contributed by atoms with Gasteiger partial charge in [0.05, 0.1) is 5.69 Å². The number of rotatable bonds is 5. The second-order valence-corrected chi connectivity index (χ2v) is 7.01. The zero-order chi connectivity index (χ0) is 18.5. The van der Waals surface area contributed by atoms with Crippen molar-refractivity contribution >= 4 is 22.6 Å². The van der Waals surface area contributed by atoms with Crippen molar-refractivity contribution in [2.24, 2.45) is 0 Å². The van der Waals surface area contributed by atoms with Gasteiger partial charge in [0.2, 0.25) is 0 Å². The third-order valence-corrected chi connectivity index (χ3v) is 5.37. The molecule has 0 aliphatic rings. The Morgan fingerprint density at radius 1 is 1.19 bits per heavy atom. The maximum absolute atomic E-state index is 9.54. The van der Waals surface area contributed by atoms with Crippen molar-refractivity contribution in [2.45, 2.75) is 27.2 Å². The van der Waals surface area contributed by atoms with Crippen molar-refractivity contribution in [3.8, 4) is 17.3 Å². The lowest BCUT2D eigenvalue weighted by molar-refractivity contribution is 1.14. The number of nitriles is 1. The Hall–Kier alpha value is -2.90. The normalized spacial score (nSPS) is 11.2. The van der Waals surface area contributed by atoms with E-state index in [4.69, 9.17) is 0 Å². The van der Waals surface area contributed by atoms with Gasteiger partial charge >= 0.3 is 0 Å². The lowest BCUT2D eigenvalue weighted by Crippen LogP contribution is -1.95. The number of nitrogens with zero attached hydrogens (tertiary/aromatic N) is 2. The quantitative estimate of drug-likeness (QED) is 0.571. The summed E-state index contributed by atoms with van der Waals surface area (Å²) in [5.41, 5.74) is 7.22. The van der Waals surface area contributed by atoms with E-state index < -0.39 is 0 Å². The van der Waals surface area contributed by atoms with Crippen LogP contribution in [-0.4, -0.2) is 4.98 Å². The Labute approximate surface area is 158 Å². The molecule has 0 saturated carbocycles. The van der Waals surface area contributed by atoms with Gasteiger partial charge in [0.15, 0.2) is 0 Å². The predicted molar refractivity (Wildman–Crippen MR) is 110 cm³/mol. The maximum Gasteiger partial charge on any atom is 0.136 e. The standard InChI is InChI=1S/C22H21N3S/c1-4-17-8-10-18(11-9-17)21-14-26-22(25-21)19(12-23)13-24-20-7-5-6-15(2)16(20)3/h5-11,13-14,24H,4H2,1-3H3/b19-13+. The molecule has 0 amide bonds. The molecule has 0 aliphatic heterocycles. The van der Waals surface area contributed by atoms with Crippen molar-refractivity contribution in [2.75, 3.05) is 5.32 Å². The van der Waals surface area contributed by atoms with Crippen LogP contribution in [0.3, 0.4) is 0 Å². The van der Waals surface area contributed by atoms with Gasteiger partial charge in [-0.2, -0.15) is 5.26 Å². The molecule has 26 heavy (non-hydrogen) atoms. The van der Waals surface area contributed by atoms with E-state index in [2.05, 4.69) is 67.5 Å². The summed E-state index contributed by atoms with van der Waals surface area (Å²) in [5.74, 6) is 0. The number of hydrogen-bond acceptors (Lipinski definition) is 4. The van der Waals surface area contributed by atoms with Crippen LogP contribution < -0.4 is 5.32 Å². The largest absolute Gasteiger partial charge is 0.360 e. The minimum Gasteiger partial charge on any atom is -0.360 e. The number of nitrogens with one attached hydrogen (secondary N) is 1. The van der Waals surface area contributed by atoms with Crippen LogP contribution in [0.1, 0.15) is 28.6 Å². The molecule has 130 valence electrons. The van der Waals surface area contributed by atoms with E-state index in [1.165, 1.54) is 28.0 Å². The SMILES string of the molecule is CCc1ccc(-c2csc(/C(C#N)=C/Nc3cccc(C)c3C)n2)cc1. The molecule has 0 saturated heterocycles. The smallest absolute Gasteiger partial charge is 0.136 e. The van der Waals surface area contributed by atoms with Crippen LogP contribution in [-0.2, 0) is 6.42 Å². The average Bonchev–Trinajstić information content (AvgIpc) is 3.15. The minimum absolute atomic E-state index is 0.535. The van der Waals surface area contributed by atoms with Crippen LogP contribution in [0, 0.1) is 25.2 Å². The summed E-state index contributed by atoms with van der Waals surface area (Å²) in [7, 11) is 0. The molecular weight excluding hydrogens is 338 g/mol. The van der Waals surface area contributed by atoms with Crippen molar-refractivity contribution in [1.29, 1.82) is 5.26 Å². The molecule has 4 heteroatoms. The maximum atomic E-state index is 9.54. The first-order valence-electron chi connectivity index (χ1n) is 8.60. The Balaban J connectivity index is 1.83. The average molecular weight is 359 g/mol. The Morgan fingerprint density at radius 3 is 2.65 bits per heavy atom. The Kier molecular flexibility index (Phi) is 5.50. The first-order valence-corrected chi connectivity index (χ1v) is 9.48. The fraction of sp³-hybridized carbons (Fsp3) is 0.182. The summed E-state index contributed by atoms with van der Waals surface area (Å²) < 4.78 is 0. The molecule has 3 aromatic rings. The van der Waals surface area contributed by atoms with E-state index in [0.717, 1.165) is 28.4 Å². The zero-order valence-corrected chi connectivity index (χ0v) is 16.0. The fourth-order valence-electron chi connectivity index (χ4n) is 2.64. The number of benzene rings is 2. The van der Waals surface area contributed by atoms with Gasteiger partial charge in [-0.05, 0) is 43.0 Å². The molecule has 1 aromatic heterocycles. The van der Waals surface area contributed by atoms with E-state index in [1.807, 2.05) is 17.5 Å². The van der Waals surface area contributed by atoms with E-state index >= 15 is 0 Å². The molecule has 0 unspecified atom stereocenters. The van der Waals surface area contributed by atoms with Crippen molar-refractivity contribution in [1.82, 2.24) is 4.98 Å². The molecular formula is C22H21N3S. The number of allylic oxidation sites excluding steroid dienone is 1. The number of aromatic nitrogens is 1. The van der Waals surface area contributed by atoms with E-state index in [1.54, 1.807) is 6.20 Å². The molecule has 0 spiro atoms.